The van der Waals surface area contributed by atoms with Crippen molar-refractivity contribution in [1.29, 1.82) is 0 Å². The standard InChI is InChI=1S/C21H21N3O2/c25-21(18-12-10-16-6-4-5-7-17(16)11-13-18)26-15-19-14-24(23-22-19)20-8-2-1-3-9-20/h1-9,14,18H,10-13,15H2. The minimum Gasteiger partial charge on any atom is -0.459 e. The topological polar surface area (TPSA) is 57.0 Å². The van der Waals surface area contributed by atoms with Crippen molar-refractivity contribution in [1.82, 2.24) is 15.0 Å². The van der Waals surface area contributed by atoms with Crippen LogP contribution in [0.5, 0.6) is 0 Å². The van der Waals surface area contributed by atoms with Crippen LogP contribution < -0.4 is 0 Å². The second kappa shape index (κ2) is 7.52. The molecular weight excluding hydrogens is 326 g/mol. The van der Waals surface area contributed by atoms with E-state index in [0.717, 1.165) is 31.4 Å². The van der Waals surface area contributed by atoms with Crippen LogP contribution in [0.25, 0.3) is 5.69 Å². The average molecular weight is 347 g/mol. The van der Waals surface area contributed by atoms with Crippen molar-refractivity contribution in [3.05, 3.63) is 77.6 Å². The molecule has 0 unspecified atom stereocenters. The maximum absolute atomic E-state index is 12.5. The molecule has 0 N–H and O–H groups in total. The predicted octanol–water partition coefficient (Wildman–Crippen LogP) is 3.51. The molecule has 0 radical (unpaired) electrons. The normalized spacial score (nSPS) is 14.5. The molecule has 3 aromatic rings. The number of para-hydroxylation sites is 1. The highest BCUT2D eigenvalue weighted by atomic mass is 16.5. The molecule has 0 spiro atoms. The number of rotatable bonds is 4. The van der Waals surface area contributed by atoms with Crippen LogP contribution in [0.2, 0.25) is 0 Å². The number of aryl methyl sites for hydroxylation is 2. The van der Waals surface area contributed by atoms with E-state index >= 15 is 0 Å². The van der Waals surface area contributed by atoms with Gasteiger partial charge in [-0.1, -0.05) is 47.7 Å². The van der Waals surface area contributed by atoms with Crippen molar-refractivity contribution in [2.24, 2.45) is 5.92 Å². The fourth-order valence-electron chi connectivity index (χ4n) is 3.42. The summed E-state index contributed by atoms with van der Waals surface area (Å²) in [5.74, 6) is -0.182. The third-order valence-electron chi connectivity index (χ3n) is 4.90. The minimum atomic E-state index is -0.132. The van der Waals surface area contributed by atoms with Crippen LogP contribution in [0.4, 0.5) is 0 Å². The largest absolute Gasteiger partial charge is 0.459 e. The first kappa shape index (κ1) is 16.5. The maximum atomic E-state index is 12.5. The van der Waals surface area contributed by atoms with Crippen LogP contribution in [-0.4, -0.2) is 21.0 Å². The lowest BCUT2D eigenvalue weighted by Crippen LogP contribution is -2.18. The van der Waals surface area contributed by atoms with Gasteiger partial charge < -0.3 is 4.74 Å². The molecule has 4 rings (SSSR count). The van der Waals surface area contributed by atoms with E-state index in [2.05, 4.69) is 34.6 Å². The van der Waals surface area contributed by atoms with E-state index in [4.69, 9.17) is 4.74 Å². The molecule has 2 aromatic carbocycles. The zero-order valence-corrected chi connectivity index (χ0v) is 14.5. The molecule has 0 amide bonds. The summed E-state index contributed by atoms with van der Waals surface area (Å²) in [7, 11) is 0. The zero-order valence-electron chi connectivity index (χ0n) is 14.5. The Morgan fingerprint density at radius 3 is 2.35 bits per heavy atom. The number of carbonyl (C=O) groups excluding carboxylic acids is 1. The number of benzene rings is 2. The summed E-state index contributed by atoms with van der Waals surface area (Å²) in [6, 6.07) is 18.2. The Bertz CT molecular complexity index is 862. The van der Waals surface area contributed by atoms with Crippen molar-refractivity contribution >= 4 is 5.97 Å². The molecule has 0 aliphatic heterocycles. The van der Waals surface area contributed by atoms with E-state index in [9.17, 15) is 4.79 Å². The second-order valence-electron chi connectivity index (χ2n) is 6.64. The van der Waals surface area contributed by atoms with E-state index in [1.54, 1.807) is 10.9 Å². The molecule has 0 atom stereocenters. The third kappa shape index (κ3) is 3.67. The van der Waals surface area contributed by atoms with Gasteiger partial charge in [-0.15, -0.1) is 5.10 Å². The van der Waals surface area contributed by atoms with Crippen molar-refractivity contribution in [3.63, 3.8) is 0 Å². The van der Waals surface area contributed by atoms with Gasteiger partial charge in [-0.3, -0.25) is 4.79 Å². The fraction of sp³-hybridized carbons (Fsp3) is 0.286. The van der Waals surface area contributed by atoms with Gasteiger partial charge in [-0.2, -0.15) is 0 Å². The Balaban J connectivity index is 1.34. The highest BCUT2D eigenvalue weighted by Crippen LogP contribution is 2.25. The lowest BCUT2D eigenvalue weighted by atomic mass is 10.00. The average Bonchev–Trinajstić information content (AvgIpc) is 3.06. The van der Waals surface area contributed by atoms with Crippen molar-refractivity contribution in [3.8, 4) is 5.69 Å². The summed E-state index contributed by atoms with van der Waals surface area (Å²) in [4.78, 5) is 12.5. The molecule has 0 bridgehead atoms. The van der Waals surface area contributed by atoms with E-state index < -0.39 is 0 Å². The van der Waals surface area contributed by atoms with E-state index in [0.29, 0.717) is 5.69 Å². The molecule has 0 saturated carbocycles. The first-order chi connectivity index (χ1) is 12.8. The Kier molecular flexibility index (Phi) is 4.78. The fourth-order valence-corrected chi connectivity index (χ4v) is 3.42. The van der Waals surface area contributed by atoms with Crippen molar-refractivity contribution in [2.75, 3.05) is 0 Å². The molecular formula is C21H21N3O2. The Morgan fingerprint density at radius 2 is 1.65 bits per heavy atom. The summed E-state index contributed by atoms with van der Waals surface area (Å²) in [5.41, 5.74) is 4.29. The van der Waals surface area contributed by atoms with E-state index in [1.807, 2.05) is 30.3 Å². The zero-order chi connectivity index (χ0) is 17.8. The Labute approximate surface area is 152 Å². The first-order valence-corrected chi connectivity index (χ1v) is 8.99. The van der Waals surface area contributed by atoms with Crippen LogP contribution in [-0.2, 0) is 29.0 Å². The molecule has 1 heterocycles. The SMILES string of the molecule is O=C(OCc1cn(-c2ccccc2)nn1)C1CCc2ccccc2CC1. The van der Waals surface area contributed by atoms with Crippen LogP contribution in [0.1, 0.15) is 29.7 Å². The van der Waals surface area contributed by atoms with Gasteiger partial charge in [0.25, 0.3) is 0 Å². The van der Waals surface area contributed by atoms with Gasteiger partial charge in [0.15, 0.2) is 0 Å². The number of carbonyl (C=O) groups is 1. The Hall–Kier alpha value is -2.95. The quantitative estimate of drug-likeness (QED) is 0.535. The van der Waals surface area contributed by atoms with Crippen LogP contribution >= 0.6 is 0 Å². The minimum absolute atomic E-state index is 0.0495. The summed E-state index contributed by atoms with van der Waals surface area (Å²) < 4.78 is 7.20. The van der Waals surface area contributed by atoms with Crippen molar-refractivity contribution < 1.29 is 9.53 Å². The summed E-state index contributed by atoms with van der Waals surface area (Å²) in [6.07, 6.45) is 5.34. The number of hydrogen-bond donors (Lipinski definition) is 0. The summed E-state index contributed by atoms with van der Waals surface area (Å²) >= 11 is 0. The van der Waals surface area contributed by atoms with E-state index in [-0.39, 0.29) is 18.5 Å². The molecule has 0 fully saturated rings. The highest BCUT2D eigenvalue weighted by Gasteiger charge is 2.23. The molecule has 0 saturated heterocycles. The third-order valence-corrected chi connectivity index (χ3v) is 4.90. The predicted molar refractivity (Wildman–Crippen MR) is 97.7 cm³/mol. The monoisotopic (exact) mass is 347 g/mol. The van der Waals surface area contributed by atoms with Gasteiger partial charge in [0.2, 0.25) is 0 Å². The number of fused-ring (bicyclic) bond motifs is 1. The van der Waals surface area contributed by atoms with Gasteiger partial charge in [0.1, 0.15) is 12.3 Å². The van der Waals surface area contributed by atoms with E-state index in [1.165, 1.54) is 11.1 Å². The van der Waals surface area contributed by atoms with Crippen molar-refractivity contribution in [2.45, 2.75) is 32.3 Å². The number of ether oxygens (including phenoxy) is 1. The lowest BCUT2D eigenvalue weighted by molar-refractivity contribution is -0.150. The number of esters is 1. The van der Waals surface area contributed by atoms with Gasteiger partial charge in [-0.25, -0.2) is 4.68 Å². The Morgan fingerprint density at radius 1 is 1.00 bits per heavy atom. The van der Waals surface area contributed by atoms with Gasteiger partial charge in [0, 0.05) is 0 Å². The van der Waals surface area contributed by atoms with Gasteiger partial charge in [0.05, 0.1) is 17.8 Å². The van der Waals surface area contributed by atoms with Gasteiger partial charge in [-0.05, 0) is 48.9 Å². The summed E-state index contributed by atoms with van der Waals surface area (Å²) in [5, 5.41) is 8.19. The highest BCUT2D eigenvalue weighted by molar-refractivity contribution is 5.72. The molecule has 132 valence electrons. The summed E-state index contributed by atoms with van der Waals surface area (Å²) in [6.45, 7) is 0.162. The van der Waals surface area contributed by atoms with Crippen LogP contribution in [0.15, 0.2) is 60.8 Å². The number of hydrogen-bond acceptors (Lipinski definition) is 4. The number of nitrogens with zero attached hydrogens (tertiary/aromatic N) is 3. The molecule has 1 aromatic heterocycles. The molecule has 5 nitrogen and oxygen atoms in total. The molecule has 1 aliphatic rings. The van der Waals surface area contributed by atoms with Crippen LogP contribution in [0, 0.1) is 5.92 Å². The maximum Gasteiger partial charge on any atom is 0.309 e. The molecule has 26 heavy (non-hydrogen) atoms. The number of aromatic nitrogens is 3. The van der Waals surface area contributed by atoms with Gasteiger partial charge >= 0.3 is 5.97 Å². The first-order valence-electron chi connectivity index (χ1n) is 8.99. The van der Waals surface area contributed by atoms with Crippen LogP contribution in [0.3, 0.4) is 0 Å². The molecule has 5 heteroatoms. The molecule has 1 aliphatic carbocycles. The second-order valence-corrected chi connectivity index (χ2v) is 6.64. The smallest absolute Gasteiger partial charge is 0.309 e. The lowest BCUT2D eigenvalue weighted by Gasteiger charge is -2.12.